The van der Waals surface area contributed by atoms with Crippen molar-refractivity contribution in [3.05, 3.63) is 0 Å². The van der Waals surface area contributed by atoms with Crippen molar-refractivity contribution in [2.75, 3.05) is 33.0 Å². The smallest absolute Gasteiger partial charge is 0.197 e. The molecular formula is C5H11FN2OS. The fourth-order valence-corrected chi connectivity index (χ4v) is 0.831. The molecule has 1 rings (SSSR count). The van der Waals surface area contributed by atoms with E-state index in [1.165, 1.54) is 0 Å². The molecule has 5 heteroatoms. The lowest BCUT2D eigenvalue weighted by atomic mass is 10.4. The normalized spacial score (nSPS) is 19.3. The molecule has 1 aliphatic heterocycles. The van der Waals surface area contributed by atoms with Gasteiger partial charge in [-0.25, -0.2) is 4.39 Å². The van der Waals surface area contributed by atoms with Crippen LogP contribution in [-0.4, -0.2) is 42.1 Å². The van der Waals surface area contributed by atoms with Crippen LogP contribution in [0.5, 0.6) is 0 Å². The molecule has 1 heterocycles. The fraction of sp³-hybridized carbons (Fsp3) is 1.00. The molecule has 0 aromatic carbocycles. The van der Waals surface area contributed by atoms with Gasteiger partial charge in [0.1, 0.15) is 6.80 Å². The lowest BCUT2D eigenvalue weighted by Gasteiger charge is -2.23. The average molecular weight is 166 g/mol. The van der Waals surface area contributed by atoms with Crippen LogP contribution in [0.3, 0.4) is 0 Å². The SMILES string of the molecule is FCN1CCNCC1.O=S. The maximum atomic E-state index is 11.8. The van der Waals surface area contributed by atoms with E-state index in [9.17, 15) is 4.39 Å². The van der Waals surface area contributed by atoms with Crippen LogP contribution in [0.15, 0.2) is 0 Å². The Balaban J connectivity index is 0.000000371. The molecule has 0 saturated carbocycles. The van der Waals surface area contributed by atoms with Crippen molar-refractivity contribution in [2.45, 2.75) is 0 Å². The van der Waals surface area contributed by atoms with Gasteiger partial charge in [0.15, 0.2) is 12.5 Å². The van der Waals surface area contributed by atoms with E-state index < -0.39 is 0 Å². The van der Waals surface area contributed by atoms with E-state index in [0.717, 1.165) is 26.2 Å². The van der Waals surface area contributed by atoms with Crippen molar-refractivity contribution in [3.63, 3.8) is 0 Å². The molecule has 0 unspecified atom stereocenters. The molecule has 1 N–H and O–H groups in total. The summed E-state index contributed by atoms with van der Waals surface area (Å²) in [5.74, 6) is 0. The predicted molar refractivity (Wildman–Crippen MR) is 38.6 cm³/mol. The van der Waals surface area contributed by atoms with Crippen LogP contribution in [0.25, 0.3) is 0 Å². The zero-order valence-corrected chi connectivity index (χ0v) is 6.49. The van der Waals surface area contributed by atoms with Gasteiger partial charge in [-0.15, -0.1) is 0 Å². The van der Waals surface area contributed by atoms with Crippen molar-refractivity contribution in [3.8, 4) is 0 Å². The molecule has 0 bridgehead atoms. The first kappa shape index (κ1) is 9.87. The van der Waals surface area contributed by atoms with Crippen LogP contribution >= 0.6 is 0 Å². The van der Waals surface area contributed by atoms with Crippen LogP contribution < -0.4 is 5.32 Å². The molecule has 10 heavy (non-hydrogen) atoms. The Bertz CT molecular complexity index is 80.0. The average Bonchev–Trinajstić information content (AvgIpc) is 2.10. The van der Waals surface area contributed by atoms with Gasteiger partial charge in [0, 0.05) is 26.2 Å². The van der Waals surface area contributed by atoms with Gasteiger partial charge in [-0.05, 0) is 0 Å². The van der Waals surface area contributed by atoms with E-state index in [1.54, 1.807) is 4.90 Å². The quantitative estimate of drug-likeness (QED) is 0.531. The number of rotatable bonds is 1. The second kappa shape index (κ2) is 6.98. The minimum absolute atomic E-state index is 0.290. The minimum Gasteiger partial charge on any atom is -0.314 e. The van der Waals surface area contributed by atoms with Crippen LogP contribution in [0.1, 0.15) is 0 Å². The van der Waals surface area contributed by atoms with Crippen molar-refractivity contribution in [1.29, 1.82) is 0 Å². The Labute approximate surface area is 65.1 Å². The summed E-state index contributed by atoms with van der Waals surface area (Å²) < 4.78 is 19.6. The topological polar surface area (TPSA) is 32.3 Å². The first-order valence-electron chi connectivity index (χ1n) is 3.09. The number of nitrogens with zero attached hydrogens (tertiary/aromatic N) is 1. The van der Waals surface area contributed by atoms with Gasteiger partial charge >= 0.3 is 0 Å². The largest absolute Gasteiger partial charge is 0.314 e. The summed E-state index contributed by atoms with van der Waals surface area (Å²) in [6.07, 6.45) is 0. The maximum absolute atomic E-state index is 11.8. The summed E-state index contributed by atoms with van der Waals surface area (Å²) in [5, 5.41) is 3.14. The monoisotopic (exact) mass is 166 g/mol. The Kier molecular flexibility index (Phi) is 6.89. The van der Waals surface area contributed by atoms with Crippen molar-refractivity contribution in [2.24, 2.45) is 0 Å². The molecule has 0 radical (unpaired) electrons. The maximum Gasteiger partial charge on any atom is 0.197 e. The highest BCUT2D eigenvalue weighted by Gasteiger charge is 2.06. The lowest BCUT2D eigenvalue weighted by molar-refractivity contribution is 0.166. The Morgan fingerprint density at radius 2 is 1.90 bits per heavy atom. The number of piperazine rings is 1. The third kappa shape index (κ3) is 3.81. The molecule has 1 fully saturated rings. The summed E-state index contributed by atoms with van der Waals surface area (Å²) in [4.78, 5) is 1.79. The molecule has 1 saturated heterocycles. The number of hydrogen-bond acceptors (Lipinski definition) is 4. The van der Waals surface area contributed by atoms with Crippen LogP contribution in [0.2, 0.25) is 0 Å². The first-order chi connectivity index (χ1) is 4.93. The van der Waals surface area contributed by atoms with Gasteiger partial charge in [-0.1, -0.05) is 0 Å². The molecule has 0 spiro atoms. The van der Waals surface area contributed by atoms with Gasteiger partial charge in [-0.3, -0.25) is 4.90 Å². The van der Waals surface area contributed by atoms with Gasteiger partial charge in [0.25, 0.3) is 0 Å². The van der Waals surface area contributed by atoms with E-state index in [1.807, 2.05) is 0 Å². The molecular weight excluding hydrogens is 155 g/mol. The number of hydrogen-bond donors (Lipinski definition) is 1. The molecule has 0 aliphatic carbocycles. The molecule has 60 valence electrons. The van der Waals surface area contributed by atoms with Gasteiger partial charge in [-0.2, -0.15) is 4.21 Å². The lowest BCUT2D eigenvalue weighted by Crippen LogP contribution is -2.42. The van der Waals surface area contributed by atoms with Crippen molar-refractivity contribution in [1.82, 2.24) is 10.2 Å². The van der Waals surface area contributed by atoms with Gasteiger partial charge in [0.05, 0.1) is 0 Å². The molecule has 0 atom stereocenters. The van der Waals surface area contributed by atoms with E-state index >= 15 is 0 Å². The van der Waals surface area contributed by atoms with Crippen LogP contribution in [-0.2, 0) is 12.5 Å². The molecule has 1 aliphatic rings. The first-order valence-corrected chi connectivity index (χ1v) is 3.42. The van der Waals surface area contributed by atoms with Gasteiger partial charge < -0.3 is 5.32 Å². The van der Waals surface area contributed by atoms with E-state index in [2.05, 4.69) is 17.9 Å². The van der Waals surface area contributed by atoms with Gasteiger partial charge in [0.2, 0.25) is 0 Å². The number of alkyl halides is 1. The minimum atomic E-state index is -0.290. The summed E-state index contributed by atoms with van der Waals surface area (Å²) in [5.41, 5.74) is 0. The zero-order valence-electron chi connectivity index (χ0n) is 5.68. The summed E-state index contributed by atoms with van der Waals surface area (Å²) in [7, 11) is 0. The van der Waals surface area contributed by atoms with E-state index in [4.69, 9.17) is 4.21 Å². The third-order valence-corrected chi connectivity index (χ3v) is 1.38. The zero-order chi connectivity index (χ0) is 7.82. The highest BCUT2D eigenvalue weighted by molar-refractivity contribution is 7.44. The van der Waals surface area contributed by atoms with Crippen molar-refractivity contribution >= 4 is 12.5 Å². The van der Waals surface area contributed by atoms with Crippen molar-refractivity contribution < 1.29 is 8.60 Å². The molecule has 3 nitrogen and oxygen atoms in total. The third-order valence-electron chi connectivity index (χ3n) is 1.38. The highest BCUT2D eigenvalue weighted by atomic mass is 32.1. The fourth-order valence-electron chi connectivity index (χ4n) is 0.831. The standard InChI is InChI=1S/C5H11FN2.OS/c6-5-8-3-1-7-2-4-8;1-2/h7H,1-5H2;. The van der Waals surface area contributed by atoms with Crippen LogP contribution in [0.4, 0.5) is 4.39 Å². The second-order valence-corrected chi connectivity index (χ2v) is 1.99. The molecule has 0 aromatic rings. The molecule has 0 aromatic heterocycles. The Hall–Kier alpha value is -0.130. The second-order valence-electron chi connectivity index (χ2n) is 1.99. The Morgan fingerprint density at radius 3 is 2.20 bits per heavy atom. The predicted octanol–water partition coefficient (Wildman–Crippen LogP) is -0.518. The van der Waals surface area contributed by atoms with E-state index in [0.29, 0.717) is 0 Å². The van der Waals surface area contributed by atoms with E-state index in [-0.39, 0.29) is 6.80 Å². The number of nitrogens with one attached hydrogen (secondary N) is 1. The van der Waals surface area contributed by atoms with Crippen LogP contribution in [0, 0.1) is 0 Å². The summed E-state index contributed by atoms with van der Waals surface area (Å²) >= 11 is 2.83. The Morgan fingerprint density at radius 1 is 1.40 bits per heavy atom. The highest BCUT2D eigenvalue weighted by Crippen LogP contribution is 1.89. The summed E-state index contributed by atoms with van der Waals surface area (Å²) in [6, 6.07) is 0. The summed E-state index contributed by atoms with van der Waals surface area (Å²) in [6.45, 7) is 3.29. The number of halogens is 1. The molecule has 0 amide bonds.